The number of benzene rings is 2. The van der Waals surface area contributed by atoms with Gasteiger partial charge in [-0.15, -0.1) is 11.3 Å². The summed E-state index contributed by atoms with van der Waals surface area (Å²) in [6.07, 6.45) is 2.88. The van der Waals surface area contributed by atoms with E-state index in [0.717, 1.165) is 5.69 Å². The first-order valence-electron chi connectivity index (χ1n) is 10.4. The minimum Gasteiger partial charge on any atom is -0.378 e. The van der Waals surface area contributed by atoms with Crippen molar-refractivity contribution in [3.63, 3.8) is 0 Å². The molecule has 0 unspecified atom stereocenters. The molecule has 0 saturated carbocycles. The van der Waals surface area contributed by atoms with Gasteiger partial charge >= 0.3 is 0 Å². The molecule has 2 amide bonds. The first-order chi connectivity index (χ1) is 16.0. The van der Waals surface area contributed by atoms with E-state index in [1.807, 2.05) is 35.2 Å². The predicted molar refractivity (Wildman–Crippen MR) is 128 cm³/mol. The van der Waals surface area contributed by atoms with Crippen molar-refractivity contribution in [2.45, 2.75) is 6.92 Å². The van der Waals surface area contributed by atoms with Gasteiger partial charge in [-0.05, 0) is 36.4 Å². The number of halogens is 1. The first kappa shape index (κ1) is 22.6. The summed E-state index contributed by atoms with van der Waals surface area (Å²) < 4.78 is 19.8. The van der Waals surface area contributed by atoms with Crippen LogP contribution in [-0.2, 0) is 14.3 Å². The maximum absolute atomic E-state index is 14.5. The number of para-hydroxylation sites is 1. The number of carbonyl (C=O) groups is 2. The molecule has 7 nitrogen and oxygen atoms in total. The van der Waals surface area contributed by atoms with E-state index in [9.17, 15) is 14.0 Å². The molecular formula is C24H23FN4O3S. The molecule has 1 aromatic heterocycles. The number of morpholine rings is 1. The molecule has 1 aliphatic heterocycles. The van der Waals surface area contributed by atoms with Crippen molar-refractivity contribution in [2.75, 3.05) is 41.4 Å². The number of anilines is 4. The maximum atomic E-state index is 14.5. The van der Waals surface area contributed by atoms with Gasteiger partial charge in [-0.1, -0.05) is 18.2 Å². The van der Waals surface area contributed by atoms with Crippen molar-refractivity contribution >= 4 is 51.4 Å². The highest BCUT2D eigenvalue weighted by molar-refractivity contribution is 7.14. The van der Waals surface area contributed by atoms with Gasteiger partial charge in [0.15, 0.2) is 5.13 Å². The Hall–Kier alpha value is -3.56. The summed E-state index contributed by atoms with van der Waals surface area (Å²) in [6, 6.07) is 13.9. The maximum Gasteiger partial charge on any atom is 0.248 e. The average molecular weight is 467 g/mol. The summed E-state index contributed by atoms with van der Waals surface area (Å²) in [5.41, 5.74) is 2.12. The molecule has 2 heterocycles. The topological polar surface area (TPSA) is 74.8 Å². The number of nitrogens with one attached hydrogen (secondary N) is 1. The minimum absolute atomic E-state index is 0.161. The second-order valence-corrected chi connectivity index (χ2v) is 8.17. The van der Waals surface area contributed by atoms with E-state index in [1.54, 1.807) is 23.6 Å². The molecule has 170 valence electrons. The zero-order valence-electron chi connectivity index (χ0n) is 18.0. The van der Waals surface area contributed by atoms with Crippen molar-refractivity contribution in [1.82, 2.24) is 4.98 Å². The van der Waals surface area contributed by atoms with E-state index in [0.29, 0.717) is 48.5 Å². The molecule has 9 heteroatoms. The van der Waals surface area contributed by atoms with Gasteiger partial charge in [0, 0.05) is 37.2 Å². The van der Waals surface area contributed by atoms with Gasteiger partial charge in [-0.25, -0.2) is 9.37 Å². The number of hydrogen-bond acceptors (Lipinski definition) is 6. The summed E-state index contributed by atoms with van der Waals surface area (Å²) in [6.45, 7) is 3.87. The van der Waals surface area contributed by atoms with Crippen LogP contribution in [0.1, 0.15) is 12.6 Å². The first-order valence-corrected chi connectivity index (χ1v) is 11.3. The van der Waals surface area contributed by atoms with E-state index in [1.165, 1.54) is 35.3 Å². The van der Waals surface area contributed by atoms with Crippen LogP contribution in [0.25, 0.3) is 6.08 Å². The normalized spacial score (nSPS) is 13.8. The molecule has 1 saturated heterocycles. The third kappa shape index (κ3) is 5.63. The molecule has 0 bridgehead atoms. The van der Waals surface area contributed by atoms with Gasteiger partial charge in [-0.2, -0.15) is 0 Å². The number of carbonyl (C=O) groups excluding carboxylic acids is 2. The number of ether oxygens (including phenoxy) is 1. The quantitative estimate of drug-likeness (QED) is 0.543. The third-order valence-corrected chi connectivity index (χ3v) is 5.85. The van der Waals surface area contributed by atoms with Gasteiger partial charge in [-0.3, -0.25) is 14.5 Å². The lowest BCUT2D eigenvalue weighted by Crippen LogP contribution is -2.36. The van der Waals surface area contributed by atoms with Crippen LogP contribution in [0, 0.1) is 5.82 Å². The number of rotatable bonds is 6. The Kier molecular flexibility index (Phi) is 7.11. The van der Waals surface area contributed by atoms with Crippen LogP contribution in [0.5, 0.6) is 0 Å². The smallest absolute Gasteiger partial charge is 0.248 e. The van der Waals surface area contributed by atoms with Crippen molar-refractivity contribution in [3.05, 3.63) is 71.5 Å². The van der Waals surface area contributed by atoms with Gasteiger partial charge in [0.1, 0.15) is 5.82 Å². The number of thiazole rings is 1. The highest BCUT2D eigenvalue weighted by Crippen LogP contribution is 2.29. The fourth-order valence-corrected chi connectivity index (χ4v) is 4.30. The summed E-state index contributed by atoms with van der Waals surface area (Å²) in [5.74, 6) is -0.964. The fraction of sp³-hybridized carbons (Fsp3) is 0.208. The highest BCUT2D eigenvalue weighted by atomic mass is 32.1. The molecule has 3 aromatic rings. The summed E-state index contributed by atoms with van der Waals surface area (Å²) in [4.78, 5) is 32.3. The van der Waals surface area contributed by atoms with Crippen LogP contribution in [0.4, 0.5) is 26.6 Å². The van der Waals surface area contributed by atoms with Gasteiger partial charge in [0.05, 0.1) is 30.3 Å². The molecule has 4 rings (SSSR count). The SMILES string of the molecule is CC(=O)N(c1ccccc1)c1nc(/C=C/C(=O)Nc2ccc(N3CCOCC3)c(F)c2)cs1. The molecule has 33 heavy (non-hydrogen) atoms. The second kappa shape index (κ2) is 10.4. The summed E-state index contributed by atoms with van der Waals surface area (Å²) in [7, 11) is 0. The summed E-state index contributed by atoms with van der Waals surface area (Å²) >= 11 is 1.30. The largest absolute Gasteiger partial charge is 0.378 e. The zero-order valence-corrected chi connectivity index (χ0v) is 18.8. The van der Waals surface area contributed by atoms with Crippen molar-refractivity contribution in [3.8, 4) is 0 Å². The van der Waals surface area contributed by atoms with Gasteiger partial charge < -0.3 is 15.0 Å². The monoisotopic (exact) mass is 466 g/mol. The van der Waals surface area contributed by atoms with Crippen LogP contribution in [0.15, 0.2) is 60.0 Å². The molecule has 1 aliphatic rings. The Bertz CT molecular complexity index is 1160. The lowest BCUT2D eigenvalue weighted by Gasteiger charge is -2.29. The molecule has 0 radical (unpaired) electrons. The fourth-order valence-electron chi connectivity index (χ4n) is 3.45. The standard InChI is InChI=1S/C24H23FN4O3S/c1-17(30)29(20-5-3-2-4-6-20)24-27-19(16-33-24)8-10-23(31)26-18-7-9-22(21(25)15-18)28-11-13-32-14-12-28/h2-10,15-16H,11-14H2,1H3,(H,26,31)/b10-8+. The van der Waals surface area contributed by atoms with Crippen LogP contribution in [0.3, 0.4) is 0 Å². The van der Waals surface area contributed by atoms with E-state index >= 15 is 0 Å². The van der Waals surface area contributed by atoms with Crippen molar-refractivity contribution < 1.29 is 18.7 Å². The zero-order chi connectivity index (χ0) is 23.2. The molecule has 1 N–H and O–H groups in total. The molecule has 0 spiro atoms. The lowest BCUT2D eigenvalue weighted by molar-refractivity contribution is -0.116. The van der Waals surface area contributed by atoms with Crippen molar-refractivity contribution in [2.24, 2.45) is 0 Å². The Labute approximate surface area is 195 Å². The van der Waals surface area contributed by atoms with E-state index in [-0.39, 0.29) is 5.91 Å². The number of nitrogens with zero attached hydrogens (tertiary/aromatic N) is 3. The second-order valence-electron chi connectivity index (χ2n) is 7.33. The van der Waals surface area contributed by atoms with Gasteiger partial charge in [0.2, 0.25) is 11.8 Å². The molecular weight excluding hydrogens is 443 g/mol. The number of amides is 2. The van der Waals surface area contributed by atoms with Crippen LogP contribution < -0.4 is 15.1 Å². The van der Waals surface area contributed by atoms with E-state index in [4.69, 9.17) is 4.74 Å². The number of hydrogen-bond donors (Lipinski definition) is 1. The Morgan fingerprint density at radius 1 is 1.18 bits per heavy atom. The summed E-state index contributed by atoms with van der Waals surface area (Å²) in [5, 5.41) is 4.93. The molecule has 1 fully saturated rings. The number of aromatic nitrogens is 1. The molecule has 2 aromatic carbocycles. The Morgan fingerprint density at radius 2 is 1.94 bits per heavy atom. The Balaban J connectivity index is 1.40. The molecule has 0 atom stereocenters. The highest BCUT2D eigenvalue weighted by Gasteiger charge is 2.18. The average Bonchev–Trinajstić information content (AvgIpc) is 3.27. The van der Waals surface area contributed by atoms with Crippen LogP contribution in [-0.4, -0.2) is 43.1 Å². The minimum atomic E-state index is -0.408. The Morgan fingerprint density at radius 3 is 2.64 bits per heavy atom. The van der Waals surface area contributed by atoms with Gasteiger partial charge in [0.25, 0.3) is 0 Å². The van der Waals surface area contributed by atoms with Crippen molar-refractivity contribution in [1.29, 1.82) is 0 Å². The van der Waals surface area contributed by atoms with E-state index in [2.05, 4.69) is 10.3 Å². The van der Waals surface area contributed by atoms with E-state index < -0.39 is 11.7 Å². The predicted octanol–water partition coefficient (Wildman–Crippen LogP) is 4.46. The third-order valence-electron chi connectivity index (χ3n) is 5.00. The molecule has 0 aliphatic carbocycles. The lowest BCUT2D eigenvalue weighted by atomic mass is 10.2. The van der Waals surface area contributed by atoms with Crippen LogP contribution >= 0.6 is 11.3 Å². The van der Waals surface area contributed by atoms with Crippen LogP contribution in [0.2, 0.25) is 0 Å².